The number of aryl methyl sites for hydroxylation is 3. The largest absolute Gasteiger partial charge is 0.478 e. The molecule has 0 unspecified atom stereocenters. The van der Waals surface area contributed by atoms with Gasteiger partial charge < -0.3 is 29.0 Å². The summed E-state index contributed by atoms with van der Waals surface area (Å²) in [5.41, 5.74) is 2.68. The molecule has 0 aliphatic rings. The minimum absolute atomic E-state index is 0.266. The third-order valence-corrected chi connectivity index (χ3v) is 8.09. The SMILES string of the molecule is Cc1nccn1Cc1ccccc1.Cc1nccn1Cc1ccccc1.Cc1nccn1Cc1ccccc1.O=C(O)c1ccc(C(=O)O)c(C(=O)O)c1. The molecule has 0 bridgehead atoms. The van der Waals surface area contributed by atoms with E-state index in [1.807, 2.05) is 76.2 Å². The monoisotopic (exact) mass is 726 g/mol. The molecule has 0 saturated heterocycles. The van der Waals surface area contributed by atoms with Gasteiger partial charge in [0.05, 0.1) is 16.7 Å². The number of aromatic carboxylic acids is 3. The van der Waals surface area contributed by atoms with Gasteiger partial charge in [-0.2, -0.15) is 0 Å². The Kier molecular flexibility index (Phi) is 14.8. The molecule has 0 fully saturated rings. The van der Waals surface area contributed by atoms with E-state index in [1.165, 1.54) is 16.7 Å². The fraction of sp³-hybridized carbons (Fsp3) is 0.143. The van der Waals surface area contributed by atoms with E-state index in [1.54, 1.807) is 0 Å². The van der Waals surface area contributed by atoms with Crippen LogP contribution < -0.4 is 0 Å². The van der Waals surface area contributed by atoms with E-state index in [9.17, 15) is 14.4 Å². The minimum atomic E-state index is -1.48. The second-order valence-electron chi connectivity index (χ2n) is 11.9. The number of carboxylic acid groups (broad SMARTS) is 3. The Balaban J connectivity index is 0.000000161. The van der Waals surface area contributed by atoms with Crippen molar-refractivity contribution in [1.82, 2.24) is 28.7 Å². The van der Waals surface area contributed by atoms with Crippen LogP contribution in [0.3, 0.4) is 0 Å². The lowest BCUT2D eigenvalue weighted by Crippen LogP contribution is -2.10. The maximum Gasteiger partial charge on any atom is 0.336 e. The molecule has 12 heteroatoms. The predicted molar refractivity (Wildman–Crippen MR) is 205 cm³/mol. The molecule has 7 aromatic rings. The average Bonchev–Trinajstić information content (AvgIpc) is 3.90. The summed E-state index contributed by atoms with van der Waals surface area (Å²) in [6, 6.07) is 34.0. The molecule has 12 nitrogen and oxygen atoms in total. The molecular formula is C42H42N6O6. The first-order chi connectivity index (χ1) is 26.0. The van der Waals surface area contributed by atoms with Crippen LogP contribution in [0, 0.1) is 20.8 Å². The Morgan fingerprint density at radius 2 is 0.796 bits per heavy atom. The number of nitrogens with zero attached hydrogens (tertiary/aromatic N) is 6. The highest BCUT2D eigenvalue weighted by Gasteiger charge is 2.18. The summed E-state index contributed by atoms with van der Waals surface area (Å²) in [6.45, 7) is 8.78. The van der Waals surface area contributed by atoms with Crippen LogP contribution in [0.2, 0.25) is 0 Å². The van der Waals surface area contributed by atoms with Gasteiger partial charge in [0, 0.05) is 56.8 Å². The zero-order chi connectivity index (χ0) is 38.9. The molecule has 0 saturated carbocycles. The van der Waals surface area contributed by atoms with Gasteiger partial charge in [-0.05, 0) is 55.7 Å². The van der Waals surface area contributed by atoms with Crippen LogP contribution in [-0.2, 0) is 19.6 Å². The number of benzene rings is 4. The van der Waals surface area contributed by atoms with Gasteiger partial charge in [0.15, 0.2) is 0 Å². The second kappa shape index (κ2) is 20.1. The summed E-state index contributed by atoms with van der Waals surface area (Å²) in [5, 5.41) is 25.9. The van der Waals surface area contributed by atoms with Crippen LogP contribution in [0.4, 0.5) is 0 Å². The zero-order valence-electron chi connectivity index (χ0n) is 30.2. The molecule has 0 spiro atoms. The summed E-state index contributed by atoms with van der Waals surface area (Å²) in [4.78, 5) is 44.3. The molecule has 3 aromatic heterocycles. The Morgan fingerprint density at radius 1 is 0.463 bits per heavy atom. The highest BCUT2D eigenvalue weighted by Crippen LogP contribution is 2.13. The highest BCUT2D eigenvalue weighted by molar-refractivity contribution is 6.03. The number of hydrogen-bond donors (Lipinski definition) is 3. The Labute approximate surface area is 313 Å². The summed E-state index contributed by atoms with van der Waals surface area (Å²) in [5.74, 6) is -1.02. The standard InChI is InChI=1S/3C11H12N2.C9H6O6/c3*1-10-12-7-8-13(10)9-11-5-3-2-4-6-11;10-7(11)4-1-2-5(8(12)13)6(3-4)9(14)15/h3*2-8H,9H2,1H3;1-3H,(H,10,11)(H,12,13)(H,14,15). The molecule has 3 N–H and O–H groups in total. The lowest BCUT2D eigenvalue weighted by molar-refractivity contribution is 0.0649. The average molecular weight is 727 g/mol. The quantitative estimate of drug-likeness (QED) is 0.137. The number of carbonyl (C=O) groups is 3. The predicted octanol–water partition coefficient (Wildman–Crippen LogP) is 7.50. The number of rotatable bonds is 9. The number of hydrogen-bond acceptors (Lipinski definition) is 6. The number of aromatic nitrogens is 6. The van der Waals surface area contributed by atoms with Crippen LogP contribution in [0.25, 0.3) is 0 Å². The summed E-state index contributed by atoms with van der Waals surface area (Å²) < 4.78 is 6.40. The van der Waals surface area contributed by atoms with E-state index in [4.69, 9.17) is 15.3 Å². The van der Waals surface area contributed by atoms with E-state index in [0.717, 1.165) is 55.3 Å². The molecular weight excluding hydrogens is 684 g/mol. The van der Waals surface area contributed by atoms with Crippen molar-refractivity contribution in [3.05, 3.63) is 197 Å². The fourth-order valence-electron chi connectivity index (χ4n) is 5.09. The van der Waals surface area contributed by atoms with E-state index >= 15 is 0 Å². The Morgan fingerprint density at radius 3 is 1.06 bits per heavy atom. The van der Waals surface area contributed by atoms with Gasteiger partial charge in [0.1, 0.15) is 17.5 Å². The molecule has 54 heavy (non-hydrogen) atoms. The Bertz CT molecular complexity index is 2040. The van der Waals surface area contributed by atoms with Crippen molar-refractivity contribution in [1.29, 1.82) is 0 Å². The van der Waals surface area contributed by atoms with Gasteiger partial charge in [0.25, 0.3) is 0 Å². The smallest absolute Gasteiger partial charge is 0.336 e. The van der Waals surface area contributed by atoms with E-state index in [0.29, 0.717) is 0 Å². The van der Waals surface area contributed by atoms with E-state index in [-0.39, 0.29) is 5.56 Å². The maximum atomic E-state index is 10.6. The van der Waals surface area contributed by atoms with Gasteiger partial charge >= 0.3 is 17.9 Å². The Hall–Kier alpha value is -7.08. The molecule has 4 aromatic carbocycles. The third kappa shape index (κ3) is 12.3. The van der Waals surface area contributed by atoms with Crippen LogP contribution in [0.5, 0.6) is 0 Å². The molecule has 7 rings (SSSR count). The molecule has 3 heterocycles. The van der Waals surface area contributed by atoms with Crippen molar-refractivity contribution in [2.24, 2.45) is 0 Å². The minimum Gasteiger partial charge on any atom is -0.478 e. The van der Waals surface area contributed by atoms with E-state index < -0.39 is 29.0 Å². The number of imidazole rings is 3. The van der Waals surface area contributed by atoms with Crippen LogP contribution in [0.1, 0.15) is 65.2 Å². The second-order valence-corrected chi connectivity index (χ2v) is 11.9. The number of carboxylic acids is 3. The summed E-state index contributed by atoms with van der Waals surface area (Å²) in [7, 11) is 0. The highest BCUT2D eigenvalue weighted by atomic mass is 16.4. The molecule has 0 atom stereocenters. The normalized spacial score (nSPS) is 10.1. The first kappa shape index (κ1) is 39.7. The first-order valence-corrected chi connectivity index (χ1v) is 16.9. The van der Waals surface area contributed by atoms with Crippen molar-refractivity contribution in [2.45, 2.75) is 40.4 Å². The first-order valence-electron chi connectivity index (χ1n) is 16.9. The van der Waals surface area contributed by atoms with Gasteiger partial charge in [-0.3, -0.25) is 0 Å². The summed E-state index contributed by atoms with van der Waals surface area (Å²) in [6.07, 6.45) is 11.5. The topological polar surface area (TPSA) is 165 Å². The lowest BCUT2D eigenvalue weighted by atomic mass is 10.0. The molecule has 276 valence electrons. The summed E-state index contributed by atoms with van der Waals surface area (Å²) >= 11 is 0. The van der Waals surface area contributed by atoms with Crippen LogP contribution in [-0.4, -0.2) is 61.9 Å². The van der Waals surface area contributed by atoms with E-state index in [2.05, 4.69) is 101 Å². The van der Waals surface area contributed by atoms with Gasteiger partial charge in [-0.25, -0.2) is 29.3 Å². The third-order valence-electron chi connectivity index (χ3n) is 8.09. The molecule has 0 amide bonds. The van der Waals surface area contributed by atoms with Gasteiger partial charge in [0.2, 0.25) is 0 Å². The van der Waals surface area contributed by atoms with Crippen molar-refractivity contribution < 1.29 is 29.7 Å². The lowest BCUT2D eigenvalue weighted by Gasteiger charge is -2.03. The van der Waals surface area contributed by atoms with Crippen molar-refractivity contribution >= 4 is 17.9 Å². The van der Waals surface area contributed by atoms with Gasteiger partial charge in [-0.15, -0.1) is 0 Å². The fourth-order valence-corrected chi connectivity index (χ4v) is 5.09. The zero-order valence-corrected chi connectivity index (χ0v) is 30.2. The van der Waals surface area contributed by atoms with Crippen molar-refractivity contribution in [3.63, 3.8) is 0 Å². The molecule has 0 aliphatic heterocycles. The van der Waals surface area contributed by atoms with Crippen molar-refractivity contribution in [2.75, 3.05) is 0 Å². The van der Waals surface area contributed by atoms with Crippen molar-refractivity contribution in [3.8, 4) is 0 Å². The molecule has 0 radical (unpaired) electrons. The maximum absolute atomic E-state index is 10.6. The van der Waals surface area contributed by atoms with Gasteiger partial charge in [-0.1, -0.05) is 91.0 Å². The van der Waals surface area contributed by atoms with Crippen LogP contribution in [0.15, 0.2) is 146 Å². The molecule has 0 aliphatic carbocycles. The van der Waals surface area contributed by atoms with Crippen LogP contribution >= 0.6 is 0 Å².